The van der Waals surface area contributed by atoms with E-state index in [1.165, 1.54) is 39.5 Å². The van der Waals surface area contributed by atoms with E-state index < -0.39 is 24.7 Å². The van der Waals surface area contributed by atoms with Crippen LogP contribution in [-0.4, -0.2) is 94.0 Å². The van der Waals surface area contributed by atoms with Gasteiger partial charge in [0.05, 0.1) is 33.4 Å². The molecule has 9 nitrogen and oxygen atoms in total. The maximum absolute atomic E-state index is 13.8. The molecule has 4 heterocycles. The molecule has 1 unspecified atom stereocenters. The van der Waals surface area contributed by atoms with Crippen LogP contribution in [-0.2, 0) is 4.79 Å². The molecule has 1 fully saturated rings. The summed E-state index contributed by atoms with van der Waals surface area (Å²) in [6.07, 6.45) is -3.38. The highest BCUT2D eigenvalue weighted by Crippen LogP contribution is 2.33. The van der Waals surface area contributed by atoms with Gasteiger partial charge in [-0.25, -0.2) is 15.0 Å². The number of likely N-dealkylation sites (N-methyl/N-ethyl adjacent to an activating group) is 1. The van der Waals surface area contributed by atoms with Crippen molar-refractivity contribution in [2.24, 2.45) is 0 Å². The number of nitrogens with one attached hydrogen (secondary N) is 1. The number of amides is 2. The van der Waals surface area contributed by atoms with Crippen molar-refractivity contribution in [1.29, 1.82) is 0 Å². The summed E-state index contributed by atoms with van der Waals surface area (Å²) in [5.41, 5.74) is 1.75. The molecule has 4 rings (SSSR count). The fourth-order valence-corrected chi connectivity index (χ4v) is 5.58. The van der Waals surface area contributed by atoms with Crippen LogP contribution in [0.25, 0.3) is 10.6 Å². The molecule has 1 aliphatic heterocycles. The molecule has 0 saturated carbocycles. The molecule has 1 saturated heterocycles. The molecule has 0 spiro atoms. The second-order valence-corrected chi connectivity index (χ2v) is 10.9. The standard InChI is InChI=1S/C23H26F3N7O2S2/c1-13-20(37-14(2)28-13)16-12-36-22(29-16)30-18-6-5-15(9-27-18)21(35)33-8-7-32(11-19(34)31(3)4)10-17(33)23(24,25)26/h5-6,9,12,17H,7-8,10-11H2,1-4H3,(H,27,29,30). The minimum Gasteiger partial charge on any atom is -0.348 e. The summed E-state index contributed by atoms with van der Waals surface area (Å²) < 4.78 is 41.5. The third-order valence-corrected chi connectivity index (χ3v) is 7.70. The first-order valence-electron chi connectivity index (χ1n) is 11.4. The van der Waals surface area contributed by atoms with E-state index in [0.717, 1.165) is 26.2 Å². The van der Waals surface area contributed by atoms with Gasteiger partial charge in [0.1, 0.15) is 11.9 Å². The van der Waals surface area contributed by atoms with Gasteiger partial charge in [-0.05, 0) is 26.0 Å². The number of aromatic nitrogens is 3. The zero-order valence-corrected chi connectivity index (χ0v) is 22.3. The van der Waals surface area contributed by atoms with E-state index in [1.807, 2.05) is 19.2 Å². The normalized spacial score (nSPS) is 16.6. The van der Waals surface area contributed by atoms with Crippen molar-refractivity contribution in [3.63, 3.8) is 0 Å². The third-order valence-electron chi connectivity index (χ3n) is 5.85. The first kappa shape index (κ1) is 26.9. The van der Waals surface area contributed by atoms with E-state index in [-0.39, 0.29) is 31.1 Å². The molecule has 0 bridgehead atoms. The summed E-state index contributed by atoms with van der Waals surface area (Å²) in [7, 11) is 3.09. The van der Waals surface area contributed by atoms with Crippen LogP contribution < -0.4 is 5.32 Å². The van der Waals surface area contributed by atoms with Gasteiger partial charge in [-0.15, -0.1) is 22.7 Å². The van der Waals surface area contributed by atoms with Crippen LogP contribution in [0.2, 0.25) is 0 Å². The first-order chi connectivity index (χ1) is 17.4. The Morgan fingerprint density at radius 3 is 2.54 bits per heavy atom. The lowest BCUT2D eigenvalue weighted by atomic mass is 10.1. The largest absolute Gasteiger partial charge is 0.410 e. The number of anilines is 2. The molecule has 0 aliphatic carbocycles. The Morgan fingerprint density at radius 2 is 1.95 bits per heavy atom. The lowest BCUT2D eigenvalue weighted by molar-refractivity contribution is -0.189. The summed E-state index contributed by atoms with van der Waals surface area (Å²) in [6, 6.07) is 0.956. The van der Waals surface area contributed by atoms with Gasteiger partial charge in [0.25, 0.3) is 5.91 Å². The first-order valence-corrected chi connectivity index (χ1v) is 13.0. The van der Waals surface area contributed by atoms with Gasteiger partial charge in [-0.2, -0.15) is 13.2 Å². The van der Waals surface area contributed by atoms with Gasteiger partial charge in [0.2, 0.25) is 5.91 Å². The van der Waals surface area contributed by atoms with Crippen LogP contribution in [0.1, 0.15) is 21.1 Å². The molecule has 0 radical (unpaired) electrons. The van der Waals surface area contributed by atoms with Crippen molar-refractivity contribution in [3.8, 4) is 10.6 Å². The van der Waals surface area contributed by atoms with Crippen LogP contribution in [0.5, 0.6) is 0 Å². The van der Waals surface area contributed by atoms with Crippen LogP contribution in [0.15, 0.2) is 23.7 Å². The second kappa shape index (κ2) is 10.7. The summed E-state index contributed by atoms with van der Waals surface area (Å²) in [4.78, 5) is 42.7. The van der Waals surface area contributed by atoms with E-state index >= 15 is 0 Å². The highest BCUT2D eigenvalue weighted by molar-refractivity contribution is 7.16. The van der Waals surface area contributed by atoms with Gasteiger partial charge >= 0.3 is 6.18 Å². The SMILES string of the molecule is Cc1nc(C)c(-c2csc(Nc3ccc(C(=O)N4CCN(CC(=O)N(C)C)CC4C(F)(F)F)cn3)n2)s1. The van der Waals surface area contributed by atoms with E-state index in [9.17, 15) is 22.8 Å². The smallest absolute Gasteiger partial charge is 0.348 e. The molecule has 14 heteroatoms. The van der Waals surface area contributed by atoms with Crippen LogP contribution >= 0.6 is 22.7 Å². The maximum atomic E-state index is 13.8. The average molecular weight is 554 g/mol. The molecule has 1 aliphatic rings. The van der Waals surface area contributed by atoms with Gasteiger partial charge in [0.15, 0.2) is 5.13 Å². The number of aryl methyl sites for hydroxylation is 2. The minimum absolute atomic E-state index is 0.0493. The molecule has 2 amide bonds. The Bertz CT molecular complexity index is 1270. The number of thiazole rings is 2. The summed E-state index contributed by atoms with van der Waals surface area (Å²) >= 11 is 2.94. The maximum Gasteiger partial charge on any atom is 0.410 e. The predicted octanol–water partition coefficient (Wildman–Crippen LogP) is 3.80. The molecule has 1 N–H and O–H groups in total. The number of alkyl halides is 3. The number of carbonyl (C=O) groups excluding carboxylic acids is 2. The number of piperazine rings is 1. The number of halogens is 3. The van der Waals surface area contributed by atoms with Crippen LogP contribution in [0, 0.1) is 13.8 Å². The number of pyridine rings is 1. The molecule has 37 heavy (non-hydrogen) atoms. The average Bonchev–Trinajstić information content (AvgIpc) is 3.43. The summed E-state index contributed by atoms with van der Waals surface area (Å²) in [6.45, 7) is 3.27. The fraction of sp³-hybridized carbons (Fsp3) is 0.435. The molecule has 3 aromatic heterocycles. The highest BCUT2D eigenvalue weighted by Gasteiger charge is 2.48. The zero-order valence-electron chi connectivity index (χ0n) is 20.7. The number of hydrogen-bond donors (Lipinski definition) is 1. The predicted molar refractivity (Wildman–Crippen MR) is 136 cm³/mol. The van der Waals surface area contributed by atoms with Crippen molar-refractivity contribution in [2.45, 2.75) is 26.1 Å². The summed E-state index contributed by atoms with van der Waals surface area (Å²) in [5, 5.41) is 6.51. The number of rotatable bonds is 6. The zero-order chi connectivity index (χ0) is 26.9. The Labute approximate surface area is 220 Å². The number of hydrogen-bond acceptors (Lipinski definition) is 9. The quantitative estimate of drug-likeness (QED) is 0.496. The number of carbonyl (C=O) groups is 2. The van der Waals surface area contributed by atoms with Crippen LogP contribution in [0.3, 0.4) is 0 Å². The van der Waals surface area contributed by atoms with Crippen molar-refractivity contribution in [1.82, 2.24) is 29.7 Å². The van der Waals surface area contributed by atoms with Gasteiger partial charge in [-0.3, -0.25) is 14.5 Å². The van der Waals surface area contributed by atoms with Crippen molar-refractivity contribution in [2.75, 3.05) is 45.6 Å². The molecule has 3 aromatic rings. The van der Waals surface area contributed by atoms with E-state index in [1.54, 1.807) is 25.4 Å². The lowest BCUT2D eigenvalue weighted by Gasteiger charge is -2.42. The third kappa shape index (κ3) is 6.25. The number of nitrogens with zero attached hydrogens (tertiary/aromatic N) is 6. The van der Waals surface area contributed by atoms with Gasteiger partial charge in [0, 0.05) is 45.3 Å². The Balaban J connectivity index is 1.43. The monoisotopic (exact) mass is 553 g/mol. The Kier molecular flexibility index (Phi) is 7.80. The highest BCUT2D eigenvalue weighted by atomic mass is 32.1. The molecule has 198 valence electrons. The van der Waals surface area contributed by atoms with Crippen molar-refractivity contribution >= 4 is 45.4 Å². The summed E-state index contributed by atoms with van der Waals surface area (Å²) in [5.74, 6) is -0.640. The molecule has 1 atom stereocenters. The Hall–Kier alpha value is -3.10. The van der Waals surface area contributed by atoms with Crippen molar-refractivity contribution in [3.05, 3.63) is 40.0 Å². The fourth-order valence-electron chi connectivity index (χ4n) is 3.91. The van der Waals surface area contributed by atoms with Gasteiger partial charge < -0.3 is 15.1 Å². The lowest BCUT2D eigenvalue weighted by Crippen LogP contribution is -2.61. The molecular weight excluding hydrogens is 527 g/mol. The van der Waals surface area contributed by atoms with Crippen LogP contribution in [0.4, 0.5) is 24.1 Å². The topological polar surface area (TPSA) is 94.6 Å². The van der Waals surface area contributed by atoms with E-state index in [0.29, 0.717) is 10.9 Å². The van der Waals surface area contributed by atoms with E-state index in [4.69, 9.17) is 0 Å². The van der Waals surface area contributed by atoms with E-state index in [2.05, 4.69) is 20.3 Å². The van der Waals surface area contributed by atoms with Crippen molar-refractivity contribution < 1.29 is 22.8 Å². The Morgan fingerprint density at radius 1 is 1.19 bits per heavy atom. The molecular formula is C23H26F3N7O2S2. The molecule has 0 aromatic carbocycles. The van der Waals surface area contributed by atoms with Gasteiger partial charge in [-0.1, -0.05) is 0 Å². The second-order valence-electron chi connectivity index (χ2n) is 8.82. The minimum atomic E-state index is -4.64.